The van der Waals surface area contributed by atoms with Crippen LogP contribution in [-0.4, -0.2) is 94.0 Å². The maximum absolute atomic E-state index is 5.45. The zero-order chi connectivity index (χ0) is 19.9. The highest BCUT2D eigenvalue weighted by molar-refractivity contribution is 8.00. The number of hydrogen-bond acceptors (Lipinski definition) is 6. The van der Waals surface area contributed by atoms with Gasteiger partial charge in [0, 0.05) is 57.3 Å². The summed E-state index contributed by atoms with van der Waals surface area (Å²) in [4.78, 5) is 9.79. The molecule has 0 amide bonds. The van der Waals surface area contributed by atoms with Crippen LogP contribution in [0.15, 0.2) is 4.99 Å². The Hall–Kier alpha value is -1.32. The normalized spacial score (nSPS) is 22.1. The van der Waals surface area contributed by atoms with E-state index in [0.29, 0.717) is 17.7 Å². The summed E-state index contributed by atoms with van der Waals surface area (Å²) < 4.78 is 7.46. The molecule has 2 aliphatic heterocycles. The van der Waals surface area contributed by atoms with Crippen LogP contribution in [-0.2, 0) is 18.3 Å². The molecule has 1 aromatic rings. The van der Waals surface area contributed by atoms with Crippen molar-refractivity contribution in [3.05, 3.63) is 11.6 Å². The topological polar surface area (TPSA) is 70.8 Å². The predicted molar refractivity (Wildman–Crippen MR) is 115 cm³/mol. The molecule has 28 heavy (non-hydrogen) atoms. The van der Waals surface area contributed by atoms with Gasteiger partial charge in [-0.3, -0.25) is 4.90 Å². The Bertz CT molecular complexity index is 642. The molecule has 158 valence electrons. The lowest BCUT2D eigenvalue weighted by atomic mass is 10.1. The van der Waals surface area contributed by atoms with Crippen LogP contribution >= 0.6 is 11.8 Å². The highest BCUT2D eigenvalue weighted by Gasteiger charge is 2.25. The smallest absolute Gasteiger partial charge is 0.194 e. The monoisotopic (exact) mass is 409 g/mol. The van der Waals surface area contributed by atoms with Crippen LogP contribution in [0.3, 0.4) is 0 Å². The van der Waals surface area contributed by atoms with E-state index < -0.39 is 0 Å². The molecule has 0 radical (unpaired) electrons. The number of thioether (sulfide) groups is 1. The third-order valence-corrected chi connectivity index (χ3v) is 7.04. The van der Waals surface area contributed by atoms with E-state index in [1.54, 1.807) is 0 Å². The second-order valence-electron chi connectivity index (χ2n) is 7.84. The van der Waals surface area contributed by atoms with Gasteiger partial charge in [0.15, 0.2) is 11.8 Å². The fourth-order valence-corrected chi connectivity index (χ4v) is 4.72. The van der Waals surface area contributed by atoms with Gasteiger partial charge >= 0.3 is 0 Å². The molecule has 1 atom stereocenters. The van der Waals surface area contributed by atoms with Gasteiger partial charge in [-0.1, -0.05) is 13.8 Å². The number of guanidine groups is 1. The highest BCUT2D eigenvalue weighted by atomic mass is 32.2. The summed E-state index contributed by atoms with van der Waals surface area (Å²) in [7, 11) is 2.00. The van der Waals surface area contributed by atoms with Gasteiger partial charge in [0.1, 0.15) is 12.4 Å². The lowest BCUT2D eigenvalue weighted by Gasteiger charge is -2.36. The minimum absolute atomic E-state index is 0.549. The summed E-state index contributed by atoms with van der Waals surface area (Å²) in [5, 5.41) is 12.7. The van der Waals surface area contributed by atoms with Crippen molar-refractivity contribution in [3.63, 3.8) is 0 Å². The molecule has 2 saturated heterocycles. The predicted octanol–water partition coefficient (Wildman–Crippen LogP) is 0.975. The van der Waals surface area contributed by atoms with Crippen LogP contribution in [0.1, 0.15) is 25.5 Å². The first-order chi connectivity index (χ1) is 13.5. The highest BCUT2D eigenvalue weighted by Crippen LogP contribution is 2.25. The maximum atomic E-state index is 5.45. The molecule has 1 aromatic heterocycles. The van der Waals surface area contributed by atoms with Crippen molar-refractivity contribution in [2.24, 2.45) is 18.0 Å². The summed E-state index contributed by atoms with van der Waals surface area (Å²) in [5.74, 6) is 4.64. The zero-order valence-corrected chi connectivity index (χ0v) is 18.5. The molecule has 3 heterocycles. The van der Waals surface area contributed by atoms with Crippen molar-refractivity contribution >= 4 is 17.7 Å². The average Bonchev–Trinajstić information content (AvgIpc) is 3.03. The van der Waals surface area contributed by atoms with Crippen molar-refractivity contribution in [3.8, 4) is 0 Å². The Balaban J connectivity index is 1.63. The summed E-state index contributed by atoms with van der Waals surface area (Å²) in [6, 6.07) is 0. The standard InChI is InChI=1S/C19H35N7OS/c1-15(2)17-14-26(9-12-28-17)19(20-5-6-25-7-10-27-11-8-25)21-13-18-23-22-16(3)24(18)4/h15,17H,5-14H2,1-4H3,(H,20,21). The first kappa shape index (κ1) is 21.4. The van der Waals surface area contributed by atoms with E-state index >= 15 is 0 Å². The van der Waals surface area contributed by atoms with Gasteiger partial charge < -0.3 is 19.5 Å². The lowest BCUT2D eigenvalue weighted by Crippen LogP contribution is -2.50. The van der Waals surface area contributed by atoms with Crippen molar-refractivity contribution in [1.82, 2.24) is 29.9 Å². The van der Waals surface area contributed by atoms with Crippen molar-refractivity contribution in [2.75, 3.05) is 58.2 Å². The van der Waals surface area contributed by atoms with Crippen molar-refractivity contribution in [1.29, 1.82) is 0 Å². The third kappa shape index (κ3) is 5.84. The number of morpholine rings is 1. The Kier molecular flexibility index (Phi) is 7.99. The van der Waals surface area contributed by atoms with E-state index in [4.69, 9.17) is 9.73 Å². The van der Waals surface area contributed by atoms with Crippen molar-refractivity contribution < 1.29 is 4.74 Å². The molecule has 0 bridgehead atoms. The number of rotatable bonds is 6. The van der Waals surface area contributed by atoms with Gasteiger partial charge in [0.25, 0.3) is 0 Å². The van der Waals surface area contributed by atoms with Gasteiger partial charge in [-0.2, -0.15) is 11.8 Å². The number of nitrogens with one attached hydrogen (secondary N) is 1. The van der Waals surface area contributed by atoms with E-state index in [2.05, 4.69) is 50.9 Å². The molecule has 0 spiro atoms. The summed E-state index contributed by atoms with van der Waals surface area (Å²) >= 11 is 2.09. The molecule has 2 aliphatic rings. The van der Waals surface area contributed by atoms with Crippen LogP contribution in [0.4, 0.5) is 0 Å². The fraction of sp³-hybridized carbons (Fsp3) is 0.842. The number of nitrogens with zero attached hydrogens (tertiary/aromatic N) is 6. The van der Waals surface area contributed by atoms with Gasteiger partial charge in [-0.15, -0.1) is 10.2 Å². The Morgan fingerprint density at radius 1 is 1.29 bits per heavy atom. The third-order valence-electron chi connectivity index (χ3n) is 5.50. The Labute approximate surface area is 173 Å². The molecule has 0 aromatic carbocycles. The number of hydrogen-bond donors (Lipinski definition) is 1. The van der Waals surface area contributed by atoms with Gasteiger partial charge in [0.2, 0.25) is 0 Å². The summed E-state index contributed by atoms with van der Waals surface area (Å²) in [6.45, 7) is 14.8. The Morgan fingerprint density at radius 3 is 2.75 bits per heavy atom. The molecule has 0 saturated carbocycles. The molecular formula is C19H35N7OS. The zero-order valence-electron chi connectivity index (χ0n) is 17.7. The van der Waals surface area contributed by atoms with Gasteiger partial charge in [0.05, 0.1) is 13.2 Å². The second kappa shape index (κ2) is 10.5. The van der Waals surface area contributed by atoms with Crippen LogP contribution in [0.5, 0.6) is 0 Å². The minimum atomic E-state index is 0.549. The number of aliphatic imine (C=N–C) groups is 1. The van der Waals surface area contributed by atoms with E-state index in [1.165, 1.54) is 0 Å². The first-order valence-electron chi connectivity index (χ1n) is 10.3. The largest absolute Gasteiger partial charge is 0.379 e. The van der Waals surface area contributed by atoms with Crippen LogP contribution in [0.2, 0.25) is 0 Å². The second-order valence-corrected chi connectivity index (χ2v) is 9.19. The molecule has 3 rings (SSSR count). The van der Waals surface area contributed by atoms with Gasteiger partial charge in [-0.05, 0) is 12.8 Å². The molecule has 2 fully saturated rings. The molecule has 9 heteroatoms. The first-order valence-corrected chi connectivity index (χ1v) is 11.4. The molecular weight excluding hydrogens is 374 g/mol. The van der Waals surface area contributed by atoms with E-state index in [1.807, 2.05) is 18.5 Å². The van der Waals surface area contributed by atoms with Crippen LogP contribution in [0, 0.1) is 12.8 Å². The fourth-order valence-electron chi connectivity index (χ4n) is 3.42. The summed E-state index contributed by atoms with van der Waals surface area (Å²) in [5.41, 5.74) is 0. The SMILES string of the molecule is Cc1nnc(CN=C(NCCN2CCOCC2)N2CCSC(C(C)C)C2)n1C. The molecule has 1 N–H and O–H groups in total. The summed E-state index contributed by atoms with van der Waals surface area (Å²) in [6.07, 6.45) is 0. The Morgan fingerprint density at radius 2 is 2.07 bits per heavy atom. The molecule has 0 aliphatic carbocycles. The maximum Gasteiger partial charge on any atom is 0.194 e. The van der Waals surface area contributed by atoms with Crippen LogP contribution in [0.25, 0.3) is 0 Å². The van der Waals surface area contributed by atoms with Crippen LogP contribution < -0.4 is 5.32 Å². The quantitative estimate of drug-likeness (QED) is 0.555. The van der Waals surface area contributed by atoms with E-state index in [0.717, 1.165) is 75.8 Å². The number of aryl methyl sites for hydroxylation is 1. The van der Waals surface area contributed by atoms with Crippen molar-refractivity contribution in [2.45, 2.75) is 32.6 Å². The van der Waals surface area contributed by atoms with Gasteiger partial charge in [-0.25, -0.2) is 4.99 Å². The lowest BCUT2D eigenvalue weighted by molar-refractivity contribution is 0.0388. The van der Waals surface area contributed by atoms with E-state index in [-0.39, 0.29) is 0 Å². The average molecular weight is 410 g/mol. The van der Waals surface area contributed by atoms with E-state index in [9.17, 15) is 0 Å². The molecule has 8 nitrogen and oxygen atoms in total. The minimum Gasteiger partial charge on any atom is -0.379 e. The number of ether oxygens (including phenoxy) is 1. The number of aromatic nitrogens is 3. The molecule has 1 unspecified atom stereocenters.